The van der Waals surface area contributed by atoms with Gasteiger partial charge in [0.2, 0.25) is 29.6 Å². The van der Waals surface area contributed by atoms with Crippen molar-refractivity contribution in [2.45, 2.75) is 143 Å². The van der Waals surface area contributed by atoms with Crippen molar-refractivity contribution in [3.05, 3.63) is 64.7 Å². The van der Waals surface area contributed by atoms with Crippen molar-refractivity contribution in [2.75, 3.05) is 50.0 Å². The Bertz CT molecular complexity index is 2590. The molecule has 4 fully saturated rings. The quantitative estimate of drug-likeness (QED) is 0.0873. The van der Waals surface area contributed by atoms with Gasteiger partial charge in [-0.1, -0.05) is 45.0 Å². The number of benzene rings is 1. The van der Waals surface area contributed by atoms with Gasteiger partial charge in [0.05, 0.1) is 52.4 Å². The Hall–Kier alpha value is -5.99. The number of aryl methyl sites for hydroxylation is 3. The van der Waals surface area contributed by atoms with Crippen LogP contribution in [0.5, 0.6) is 0 Å². The number of hydrogen-bond donors (Lipinski definition) is 5. The third kappa shape index (κ3) is 12.7. The topological polar surface area (TPSA) is 229 Å². The number of esters is 1. The first-order valence-corrected chi connectivity index (χ1v) is 26.9. The van der Waals surface area contributed by atoms with E-state index in [4.69, 9.17) is 9.72 Å². The minimum atomic E-state index is -0.927. The van der Waals surface area contributed by atoms with Gasteiger partial charge < -0.3 is 40.9 Å². The van der Waals surface area contributed by atoms with Crippen LogP contribution in [-0.2, 0) is 31.0 Å². The third-order valence-electron chi connectivity index (χ3n) is 15.2. The number of likely N-dealkylation sites (tertiary alicyclic amines) is 1. The predicted molar refractivity (Wildman–Crippen MR) is 279 cm³/mol. The minimum Gasteiger partial charge on any atom is -0.462 e. The van der Waals surface area contributed by atoms with Crippen molar-refractivity contribution in [1.82, 2.24) is 50.1 Å². The molecule has 1 aromatic carbocycles. The summed E-state index contributed by atoms with van der Waals surface area (Å²) in [6.07, 6.45) is 8.74. The molecule has 5 N–H and O–H groups in total. The summed E-state index contributed by atoms with van der Waals surface area (Å²) < 4.78 is 7.07. The Balaban J connectivity index is 0.788. The fourth-order valence-corrected chi connectivity index (χ4v) is 11.8. The molecule has 0 bridgehead atoms. The van der Waals surface area contributed by atoms with Crippen LogP contribution in [0.25, 0.3) is 10.4 Å². The van der Waals surface area contributed by atoms with Crippen molar-refractivity contribution >= 4 is 58.4 Å². The van der Waals surface area contributed by atoms with E-state index in [0.717, 1.165) is 66.2 Å². The summed E-state index contributed by atoms with van der Waals surface area (Å²) in [7, 11) is 1.83. The lowest BCUT2D eigenvalue weighted by molar-refractivity contribution is -0.145. The van der Waals surface area contributed by atoms with Crippen LogP contribution in [0.15, 0.2) is 42.2 Å². The molecule has 5 heterocycles. The number of hydrogen-bond acceptors (Lipinski definition) is 15. The van der Waals surface area contributed by atoms with Crippen LogP contribution < -0.4 is 21.3 Å². The van der Waals surface area contributed by atoms with Crippen molar-refractivity contribution in [3.8, 4) is 10.4 Å². The molecule has 2 aliphatic heterocycles. The van der Waals surface area contributed by atoms with E-state index in [1.165, 1.54) is 4.90 Å². The fraction of sp³-hybridized carbons (Fsp3) is 0.604. The summed E-state index contributed by atoms with van der Waals surface area (Å²) in [6.45, 7) is 16.2. The number of β-amino-alcohol motifs (C(OH)–C–C–N with tert-alkyl or cyclic N) is 1. The second kappa shape index (κ2) is 23.1. The number of nitrogens with zero attached hydrogens (tertiary/aromatic N) is 8. The molecule has 4 amide bonds. The molecular weight excluding hydrogens is 949 g/mol. The number of aliphatic hydroxyl groups excluding tert-OH is 1. The number of aliphatic hydroxyl groups is 1. The van der Waals surface area contributed by atoms with E-state index in [1.54, 1.807) is 36.1 Å². The normalized spacial score (nSPS) is 23.6. The second-order valence-corrected chi connectivity index (χ2v) is 22.3. The molecule has 2 saturated carbocycles. The summed E-state index contributed by atoms with van der Waals surface area (Å²) >= 11 is 1.58. The maximum absolute atomic E-state index is 14.4. The van der Waals surface area contributed by atoms with Crippen LogP contribution in [0.2, 0.25) is 0 Å². The summed E-state index contributed by atoms with van der Waals surface area (Å²) in [5, 5.41) is 27.9. The van der Waals surface area contributed by atoms with Gasteiger partial charge in [-0.25, -0.2) is 14.8 Å². The number of rotatable bonds is 15. The molecule has 394 valence electrons. The molecule has 0 spiro atoms. The van der Waals surface area contributed by atoms with Gasteiger partial charge in [-0.15, -0.1) is 11.3 Å². The van der Waals surface area contributed by atoms with Crippen LogP contribution in [-0.4, -0.2) is 144 Å². The molecule has 8 rings (SSSR count). The van der Waals surface area contributed by atoms with Crippen molar-refractivity contribution in [3.63, 3.8) is 0 Å². The zero-order valence-corrected chi connectivity index (χ0v) is 44.5. The van der Waals surface area contributed by atoms with E-state index < -0.39 is 35.5 Å². The third-order valence-corrected chi connectivity index (χ3v) is 16.2. The van der Waals surface area contributed by atoms with E-state index in [2.05, 4.69) is 41.2 Å². The standard InChI is InChI=1S/C53H74N12O7S/c1-9-72-51(71)43-32(3)57-52(59-39-27-55-62(8)28-39)61-46(43)58-38-18-20-40(21-19-38)63-22-24-64(25-23-63)49(69)37-16-14-36(15-17-37)47(67)60-45(53(5,6)7)50(70)65-29-41(66)26-42(65)48(68)56-31(2)34-10-12-35(13-11-34)44-33(4)54-30-73-44/h10-13,27-28,30-31,36-38,40-42,45,66H,9,14-26,29H2,1-8H3,(H,56,68)(H,60,67)(H2,57,58,59,61)/t31-,36?,37?,38?,40?,41+,42-,45?/m0/s1. The lowest BCUT2D eigenvalue weighted by Crippen LogP contribution is -2.58. The summed E-state index contributed by atoms with van der Waals surface area (Å²) in [4.78, 5) is 89.8. The Kier molecular flexibility index (Phi) is 16.8. The van der Waals surface area contributed by atoms with Gasteiger partial charge in [-0.2, -0.15) is 10.1 Å². The van der Waals surface area contributed by atoms with Gasteiger partial charge in [0, 0.05) is 76.3 Å². The SMILES string of the molecule is CCOC(=O)c1c(C)nc(Nc2cnn(C)c2)nc1NC1CCC(N2CCN(C(=O)C3CCC(C(=O)NC(C(=O)N4C[C@H](O)C[C@H]4C(=O)N[C@@H](C)c4ccc(-c5scnc5C)cc4)C(C)(C)C)CC3)CC2)CC1. The predicted octanol–water partition coefficient (Wildman–Crippen LogP) is 5.91. The molecule has 73 heavy (non-hydrogen) atoms. The molecule has 2 saturated heterocycles. The Labute approximate surface area is 432 Å². The van der Waals surface area contributed by atoms with Gasteiger partial charge >= 0.3 is 5.97 Å². The number of carbonyl (C=O) groups is 5. The molecule has 3 aromatic heterocycles. The Morgan fingerprint density at radius 2 is 1.56 bits per heavy atom. The molecule has 19 nitrogen and oxygen atoms in total. The highest BCUT2D eigenvalue weighted by Crippen LogP contribution is 2.35. The van der Waals surface area contributed by atoms with E-state index in [1.807, 2.05) is 82.5 Å². The van der Waals surface area contributed by atoms with Gasteiger partial charge in [-0.05, 0) is 95.6 Å². The highest BCUT2D eigenvalue weighted by molar-refractivity contribution is 7.13. The maximum Gasteiger partial charge on any atom is 0.343 e. The number of nitrogens with one attached hydrogen (secondary N) is 4. The molecule has 0 radical (unpaired) electrons. The number of aromatic nitrogens is 5. The molecule has 4 aromatic rings. The van der Waals surface area contributed by atoms with Crippen LogP contribution in [0, 0.1) is 31.1 Å². The summed E-state index contributed by atoms with van der Waals surface area (Å²) in [5.41, 5.74) is 5.65. The number of carbonyl (C=O) groups excluding carboxylic acids is 5. The first-order valence-electron chi connectivity index (χ1n) is 26.1. The average molecular weight is 1020 g/mol. The van der Waals surface area contributed by atoms with Crippen LogP contribution in [0.3, 0.4) is 0 Å². The first-order chi connectivity index (χ1) is 34.9. The summed E-state index contributed by atoms with van der Waals surface area (Å²) in [6, 6.07) is 6.31. The Morgan fingerprint density at radius 3 is 2.18 bits per heavy atom. The lowest BCUT2D eigenvalue weighted by atomic mass is 9.79. The molecule has 4 atom stereocenters. The zero-order chi connectivity index (χ0) is 52.1. The number of anilines is 3. The zero-order valence-electron chi connectivity index (χ0n) is 43.6. The Morgan fingerprint density at radius 1 is 0.877 bits per heavy atom. The van der Waals surface area contributed by atoms with Crippen LogP contribution >= 0.6 is 11.3 Å². The highest BCUT2D eigenvalue weighted by atomic mass is 32.1. The number of ether oxygens (including phenoxy) is 1. The first kappa shape index (κ1) is 53.3. The van der Waals surface area contributed by atoms with E-state index >= 15 is 0 Å². The smallest absolute Gasteiger partial charge is 0.343 e. The van der Waals surface area contributed by atoms with Crippen LogP contribution in [0.4, 0.5) is 17.5 Å². The molecule has 2 aliphatic carbocycles. The minimum absolute atomic E-state index is 0.00433. The molecule has 1 unspecified atom stereocenters. The monoisotopic (exact) mass is 1020 g/mol. The van der Waals surface area contributed by atoms with E-state index in [0.29, 0.717) is 67.8 Å². The van der Waals surface area contributed by atoms with Crippen molar-refractivity contribution < 1.29 is 33.8 Å². The average Bonchev–Trinajstić information content (AvgIpc) is 4.11. The van der Waals surface area contributed by atoms with Crippen molar-refractivity contribution in [1.29, 1.82) is 0 Å². The van der Waals surface area contributed by atoms with Crippen molar-refractivity contribution in [2.24, 2.45) is 24.3 Å². The van der Waals surface area contributed by atoms with Crippen LogP contribution in [0.1, 0.15) is 126 Å². The van der Waals surface area contributed by atoms with Gasteiger partial charge in [0.25, 0.3) is 0 Å². The largest absolute Gasteiger partial charge is 0.462 e. The molecular formula is C53H74N12O7S. The van der Waals surface area contributed by atoms with E-state index in [-0.39, 0.29) is 61.2 Å². The summed E-state index contributed by atoms with van der Waals surface area (Å²) in [5.74, 6) is -0.968. The number of thiazole rings is 1. The van der Waals surface area contributed by atoms with Gasteiger partial charge in [-0.3, -0.25) is 28.8 Å². The highest BCUT2D eigenvalue weighted by Gasteiger charge is 2.46. The number of piperazine rings is 1. The fourth-order valence-electron chi connectivity index (χ4n) is 11.0. The maximum atomic E-state index is 14.4. The van der Waals surface area contributed by atoms with Gasteiger partial charge in [0.15, 0.2) is 0 Å². The van der Waals surface area contributed by atoms with Gasteiger partial charge in [0.1, 0.15) is 23.5 Å². The molecule has 4 aliphatic rings. The second-order valence-electron chi connectivity index (χ2n) is 21.5. The van der Waals surface area contributed by atoms with E-state index in [9.17, 15) is 29.1 Å². The molecule has 20 heteroatoms. The lowest BCUT2D eigenvalue weighted by Gasteiger charge is -2.43. The number of amides is 4.